The summed E-state index contributed by atoms with van der Waals surface area (Å²) in [5, 5.41) is 3.35. The average molecular weight is 258 g/mol. The highest BCUT2D eigenvalue weighted by Gasteiger charge is 2.37. The largest absolute Gasteiger partial charge is 0.314 e. The Kier molecular flexibility index (Phi) is 3.11. The monoisotopic (exact) mass is 258 g/mol. The number of carbonyl (C=O) groups is 2. The van der Waals surface area contributed by atoms with Gasteiger partial charge in [0.25, 0.3) is 5.91 Å². The number of hydrogen-bond donors (Lipinski definition) is 1. The Balaban J connectivity index is 1.91. The van der Waals surface area contributed by atoms with E-state index in [2.05, 4.69) is 12.2 Å². The van der Waals surface area contributed by atoms with Crippen LogP contribution in [0.1, 0.15) is 35.7 Å². The molecule has 1 fully saturated rings. The molecular formula is C15H18N2O2. The lowest BCUT2D eigenvalue weighted by molar-refractivity contribution is -0.130. The second kappa shape index (κ2) is 4.78. The minimum atomic E-state index is -0.119. The van der Waals surface area contributed by atoms with E-state index in [0.29, 0.717) is 18.0 Å². The molecule has 0 radical (unpaired) electrons. The number of rotatable bonds is 1. The zero-order valence-electron chi connectivity index (χ0n) is 11.1. The Morgan fingerprint density at radius 1 is 1.26 bits per heavy atom. The molecule has 1 N–H and O–H groups in total. The first-order valence-electron chi connectivity index (χ1n) is 6.84. The van der Waals surface area contributed by atoms with Crippen molar-refractivity contribution >= 4 is 11.8 Å². The Bertz CT molecular complexity index is 527. The molecular weight excluding hydrogens is 240 g/mol. The van der Waals surface area contributed by atoms with E-state index in [4.69, 9.17) is 0 Å². The molecule has 2 atom stereocenters. The number of piperidine rings is 1. The van der Waals surface area contributed by atoms with Crippen molar-refractivity contribution in [2.45, 2.75) is 38.3 Å². The minimum absolute atomic E-state index is 0.0459. The number of fused-ring (bicyclic) bond motifs is 1. The van der Waals surface area contributed by atoms with E-state index in [1.54, 1.807) is 0 Å². The minimum Gasteiger partial charge on any atom is -0.314 e. The van der Waals surface area contributed by atoms with Gasteiger partial charge in [-0.3, -0.25) is 14.5 Å². The summed E-state index contributed by atoms with van der Waals surface area (Å²) < 4.78 is 0. The van der Waals surface area contributed by atoms with Crippen LogP contribution in [0.5, 0.6) is 0 Å². The Morgan fingerprint density at radius 2 is 2.05 bits per heavy atom. The molecule has 4 heteroatoms. The molecule has 0 bridgehead atoms. The Hall–Kier alpha value is -1.68. The molecule has 19 heavy (non-hydrogen) atoms. The lowest BCUT2D eigenvalue weighted by atomic mass is 9.93. The molecule has 1 saturated heterocycles. The highest BCUT2D eigenvalue weighted by Crippen LogP contribution is 2.25. The summed E-state index contributed by atoms with van der Waals surface area (Å²) in [5.74, 6) is -0.172. The lowest BCUT2D eigenvalue weighted by Crippen LogP contribution is -2.53. The van der Waals surface area contributed by atoms with E-state index in [-0.39, 0.29) is 17.9 Å². The molecule has 0 spiro atoms. The lowest BCUT2D eigenvalue weighted by Gasteiger charge is -2.38. The SMILES string of the molecule is CC1CC(N2C(=O)Cc3ccccc3C2=O)CCN1. The molecule has 4 nitrogen and oxygen atoms in total. The van der Waals surface area contributed by atoms with Crippen molar-refractivity contribution < 1.29 is 9.59 Å². The van der Waals surface area contributed by atoms with Gasteiger partial charge in [-0.05, 0) is 37.9 Å². The van der Waals surface area contributed by atoms with Crippen LogP contribution in [0.15, 0.2) is 24.3 Å². The van der Waals surface area contributed by atoms with Gasteiger partial charge < -0.3 is 5.32 Å². The maximum absolute atomic E-state index is 12.5. The third kappa shape index (κ3) is 2.16. The summed E-state index contributed by atoms with van der Waals surface area (Å²) in [5.41, 5.74) is 1.55. The molecule has 3 rings (SSSR count). The van der Waals surface area contributed by atoms with Gasteiger partial charge in [-0.1, -0.05) is 18.2 Å². The smallest absolute Gasteiger partial charge is 0.261 e. The van der Waals surface area contributed by atoms with E-state index in [1.165, 1.54) is 4.90 Å². The van der Waals surface area contributed by atoms with Gasteiger partial charge in [0.2, 0.25) is 5.91 Å². The van der Waals surface area contributed by atoms with Gasteiger partial charge in [0, 0.05) is 17.6 Å². The third-order valence-corrected chi connectivity index (χ3v) is 4.04. The fourth-order valence-corrected chi connectivity index (χ4v) is 3.08. The quantitative estimate of drug-likeness (QED) is 0.774. The number of benzene rings is 1. The molecule has 2 aliphatic heterocycles. The topological polar surface area (TPSA) is 49.4 Å². The first-order chi connectivity index (χ1) is 9.16. The maximum atomic E-state index is 12.5. The maximum Gasteiger partial charge on any atom is 0.261 e. The number of imide groups is 1. The van der Waals surface area contributed by atoms with Crippen molar-refractivity contribution in [3.05, 3.63) is 35.4 Å². The van der Waals surface area contributed by atoms with E-state index in [0.717, 1.165) is 24.9 Å². The molecule has 0 aromatic heterocycles. The van der Waals surface area contributed by atoms with Gasteiger partial charge in [-0.25, -0.2) is 0 Å². The molecule has 1 aromatic rings. The van der Waals surface area contributed by atoms with Crippen molar-refractivity contribution in [2.24, 2.45) is 0 Å². The molecule has 1 aromatic carbocycles. The summed E-state index contributed by atoms with van der Waals surface area (Å²) in [6.45, 7) is 2.96. The first-order valence-corrected chi connectivity index (χ1v) is 6.84. The summed E-state index contributed by atoms with van der Waals surface area (Å²) in [6.07, 6.45) is 2.05. The number of amides is 2. The Labute approximate surface area is 112 Å². The van der Waals surface area contributed by atoms with Gasteiger partial charge in [0.15, 0.2) is 0 Å². The highest BCUT2D eigenvalue weighted by molar-refractivity contribution is 6.09. The van der Waals surface area contributed by atoms with Gasteiger partial charge in [0.1, 0.15) is 0 Å². The molecule has 2 aliphatic rings. The normalized spacial score (nSPS) is 27.3. The molecule has 2 heterocycles. The molecule has 2 unspecified atom stereocenters. The van der Waals surface area contributed by atoms with Crippen LogP contribution in [0.4, 0.5) is 0 Å². The van der Waals surface area contributed by atoms with Crippen LogP contribution in [0.25, 0.3) is 0 Å². The first kappa shape index (κ1) is 12.4. The third-order valence-electron chi connectivity index (χ3n) is 4.04. The van der Waals surface area contributed by atoms with Crippen molar-refractivity contribution in [1.29, 1.82) is 0 Å². The van der Waals surface area contributed by atoms with E-state index < -0.39 is 0 Å². The summed E-state index contributed by atoms with van der Waals surface area (Å²) in [4.78, 5) is 26.3. The zero-order chi connectivity index (χ0) is 13.4. The van der Waals surface area contributed by atoms with Gasteiger partial charge in [0.05, 0.1) is 6.42 Å². The van der Waals surface area contributed by atoms with Crippen LogP contribution in [-0.4, -0.2) is 35.3 Å². The molecule has 0 saturated carbocycles. The van der Waals surface area contributed by atoms with Crippen molar-refractivity contribution in [2.75, 3.05) is 6.54 Å². The van der Waals surface area contributed by atoms with E-state index in [9.17, 15) is 9.59 Å². The second-order valence-electron chi connectivity index (χ2n) is 5.44. The van der Waals surface area contributed by atoms with Crippen molar-refractivity contribution in [1.82, 2.24) is 10.2 Å². The van der Waals surface area contributed by atoms with E-state index in [1.807, 2.05) is 24.3 Å². The summed E-state index contributed by atoms with van der Waals surface area (Å²) >= 11 is 0. The van der Waals surface area contributed by atoms with Crippen molar-refractivity contribution in [3.8, 4) is 0 Å². The predicted molar refractivity (Wildman–Crippen MR) is 71.8 cm³/mol. The van der Waals surface area contributed by atoms with Crippen LogP contribution < -0.4 is 5.32 Å². The predicted octanol–water partition coefficient (Wildman–Crippen LogP) is 1.35. The van der Waals surface area contributed by atoms with Gasteiger partial charge in [-0.2, -0.15) is 0 Å². The highest BCUT2D eigenvalue weighted by atomic mass is 16.2. The summed E-state index contributed by atoms with van der Waals surface area (Å²) in [6, 6.07) is 7.83. The molecule has 100 valence electrons. The van der Waals surface area contributed by atoms with E-state index >= 15 is 0 Å². The number of carbonyl (C=O) groups excluding carboxylic acids is 2. The van der Waals surface area contributed by atoms with Crippen LogP contribution >= 0.6 is 0 Å². The van der Waals surface area contributed by atoms with Crippen LogP contribution in [-0.2, 0) is 11.2 Å². The summed E-state index contributed by atoms with van der Waals surface area (Å²) in [7, 11) is 0. The fourth-order valence-electron chi connectivity index (χ4n) is 3.08. The fraction of sp³-hybridized carbons (Fsp3) is 0.467. The van der Waals surface area contributed by atoms with Crippen LogP contribution in [0, 0.1) is 0 Å². The molecule has 2 amide bonds. The van der Waals surface area contributed by atoms with Gasteiger partial charge in [-0.15, -0.1) is 0 Å². The number of nitrogens with zero attached hydrogens (tertiary/aromatic N) is 1. The average Bonchev–Trinajstić information content (AvgIpc) is 2.39. The van der Waals surface area contributed by atoms with Gasteiger partial charge >= 0.3 is 0 Å². The van der Waals surface area contributed by atoms with Crippen LogP contribution in [0.3, 0.4) is 0 Å². The van der Waals surface area contributed by atoms with Crippen molar-refractivity contribution in [3.63, 3.8) is 0 Å². The number of nitrogens with one attached hydrogen (secondary N) is 1. The second-order valence-corrected chi connectivity index (χ2v) is 5.44. The van der Waals surface area contributed by atoms with Crippen LogP contribution in [0.2, 0.25) is 0 Å². The Morgan fingerprint density at radius 3 is 2.84 bits per heavy atom. The zero-order valence-corrected chi connectivity index (χ0v) is 11.1. The molecule has 0 aliphatic carbocycles. The standard InChI is InChI=1S/C15H18N2O2/c1-10-8-12(6-7-16-10)17-14(18)9-11-4-2-3-5-13(11)15(17)19/h2-5,10,12,16H,6-9H2,1H3. The number of hydrogen-bond acceptors (Lipinski definition) is 3.